The zero-order valence-corrected chi connectivity index (χ0v) is 15.4. The smallest absolute Gasteiger partial charge is 1.00 e. The Kier molecular flexibility index (Phi) is 229. The van der Waals surface area contributed by atoms with Gasteiger partial charge in [0.15, 0.2) is 0 Å². The Morgan fingerprint density at radius 2 is 0.500 bits per heavy atom. The molecule has 0 aromatic heterocycles. The van der Waals surface area contributed by atoms with Crippen LogP contribution < -0.4 is 165 Å². The molecule has 0 saturated carbocycles. The van der Waals surface area contributed by atoms with Gasteiger partial charge >= 0.3 is 140 Å². The molecule has 6 heteroatoms. The van der Waals surface area contributed by atoms with Gasteiger partial charge < -0.3 is 24.8 Å². The third-order valence-electron chi connectivity index (χ3n) is 0. The minimum atomic E-state index is 0. The van der Waals surface area contributed by atoms with Crippen molar-refractivity contribution in [2.45, 2.75) is 0 Å². The van der Waals surface area contributed by atoms with E-state index in [9.17, 15) is 0 Å². The van der Waals surface area contributed by atoms with Crippen LogP contribution >= 0.6 is 0 Å². The average Bonchev–Trinajstić information content (AvgIpc) is 0. The molecule has 0 nitrogen and oxygen atoms in total. The molecule has 16 valence electrons. The normalized spacial score (nSPS) is 0. The quantitative estimate of drug-likeness (QED) is 0.324. The van der Waals surface area contributed by atoms with Crippen molar-refractivity contribution < 1.29 is 165 Å². The Balaban J connectivity index is 0. The van der Waals surface area contributed by atoms with Crippen LogP contribution in [0, 0.1) is 0 Å². The Bertz CT molecular complexity index is 8.75. The molecule has 6 heavy (non-hydrogen) atoms. The van der Waals surface area contributed by atoms with Gasteiger partial charge in [-0.15, -0.1) is 0 Å². The van der Waals surface area contributed by atoms with E-state index in [-0.39, 0.29) is 165 Å². The summed E-state index contributed by atoms with van der Waals surface area (Å²) >= 11 is 0. The average molecular weight is 179 g/mol. The third-order valence-corrected chi connectivity index (χ3v) is 0. The van der Waals surface area contributed by atoms with Gasteiger partial charge in [0.1, 0.15) is 0 Å². The van der Waals surface area contributed by atoms with E-state index in [4.69, 9.17) is 0 Å². The minimum absolute atomic E-state index is 0. The van der Waals surface area contributed by atoms with E-state index in [0.717, 1.165) is 0 Å². The predicted octanol–water partition coefficient (Wildman–Crippen LogP) is -18.0. The van der Waals surface area contributed by atoms with Gasteiger partial charge in [0.2, 0.25) is 0 Å². The van der Waals surface area contributed by atoms with Gasteiger partial charge in [-0.1, -0.05) is 0 Å². The first-order chi connectivity index (χ1) is 0. The second-order valence-corrected chi connectivity index (χ2v) is 0. The van der Waals surface area contributed by atoms with Gasteiger partial charge in [-0.2, -0.15) is 0 Å². The fourth-order valence-electron chi connectivity index (χ4n) is 0. The SMILES string of the molecule is [Cl-].[Cl-].[K+].[Na+].[Na+].[Na+]. The molecule has 0 spiro atoms. The Hall–Kier alpha value is 5.22. The maximum absolute atomic E-state index is 0. The molecule has 0 aliphatic rings. The zero-order valence-electron chi connectivity index (χ0n) is 4.76. The van der Waals surface area contributed by atoms with Crippen molar-refractivity contribution in [2.24, 2.45) is 0 Å². The van der Waals surface area contributed by atoms with Crippen LogP contribution in [0.5, 0.6) is 0 Å². The van der Waals surface area contributed by atoms with Gasteiger partial charge in [-0.25, -0.2) is 0 Å². The van der Waals surface area contributed by atoms with E-state index in [1.165, 1.54) is 0 Å². The molecule has 0 rings (SSSR count). The van der Waals surface area contributed by atoms with Gasteiger partial charge in [-0.05, 0) is 0 Å². The van der Waals surface area contributed by atoms with E-state index < -0.39 is 0 Å². The molecule has 0 radical (unpaired) electrons. The van der Waals surface area contributed by atoms with Crippen molar-refractivity contribution in [3.05, 3.63) is 0 Å². The van der Waals surface area contributed by atoms with Gasteiger partial charge in [0.25, 0.3) is 0 Å². The van der Waals surface area contributed by atoms with Crippen LogP contribution in [0.15, 0.2) is 0 Å². The monoisotopic (exact) mass is 178 g/mol. The summed E-state index contributed by atoms with van der Waals surface area (Å²) in [5.74, 6) is 0. The Morgan fingerprint density at radius 3 is 0.500 bits per heavy atom. The molecular weight excluding hydrogens is 179 g/mol. The minimum Gasteiger partial charge on any atom is -1.00 e. The second-order valence-electron chi connectivity index (χ2n) is 0. The summed E-state index contributed by atoms with van der Waals surface area (Å²) in [7, 11) is 0. The Morgan fingerprint density at radius 1 is 0.500 bits per heavy atom. The van der Waals surface area contributed by atoms with E-state index in [0.29, 0.717) is 0 Å². The molecule has 0 amide bonds. The van der Waals surface area contributed by atoms with Crippen LogP contribution in [-0.2, 0) is 0 Å². The predicted molar refractivity (Wildman–Crippen MR) is 0 cm³/mol. The summed E-state index contributed by atoms with van der Waals surface area (Å²) in [5.41, 5.74) is 0. The van der Waals surface area contributed by atoms with Gasteiger partial charge in [0.05, 0.1) is 0 Å². The van der Waals surface area contributed by atoms with Crippen molar-refractivity contribution in [2.75, 3.05) is 0 Å². The van der Waals surface area contributed by atoms with Crippen LogP contribution in [0.3, 0.4) is 0 Å². The van der Waals surface area contributed by atoms with Gasteiger partial charge in [0, 0.05) is 0 Å². The van der Waals surface area contributed by atoms with Crippen LogP contribution in [0.2, 0.25) is 0 Å². The summed E-state index contributed by atoms with van der Waals surface area (Å²) in [5, 5.41) is 0. The fraction of sp³-hybridized carbons (Fsp3) is 0. The van der Waals surface area contributed by atoms with E-state index in [1.54, 1.807) is 0 Å². The van der Waals surface area contributed by atoms with Crippen molar-refractivity contribution >= 4 is 0 Å². The molecular formula is Cl2KNa3+2. The first-order valence-electron chi connectivity index (χ1n) is 0. The summed E-state index contributed by atoms with van der Waals surface area (Å²) < 4.78 is 0. The summed E-state index contributed by atoms with van der Waals surface area (Å²) in [6.45, 7) is 0. The number of hydrogen-bond acceptors (Lipinski definition) is 0. The molecule has 0 heterocycles. The topological polar surface area (TPSA) is 0 Å². The molecule has 0 atom stereocenters. The third kappa shape index (κ3) is 22.9. The van der Waals surface area contributed by atoms with Crippen molar-refractivity contribution in [1.29, 1.82) is 0 Å². The van der Waals surface area contributed by atoms with Crippen LogP contribution in [0.1, 0.15) is 0 Å². The number of rotatable bonds is 0. The molecule has 0 N–H and O–H groups in total. The molecule has 0 aromatic rings. The second kappa shape index (κ2) is 31.9. The molecule has 0 fully saturated rings. The first kappa shape index (κ1) is 43.0. The maximum Gasteiger partial charge on any atom is 1.00 e. The van der Waals surface area contributed by atoms with Crippen molar-refractivity contribution in [3.8, 4) is 0 Å². The summed E-state index contributed by atoms with van der Waals surface area (Å²) in [6, 6.07) is 0. The summed E-state index contributed by atoms with van der Waals surface area (Å²) in [4.78, 5) is 0. The van der Waals surface area contributed by atoms with Crippen molar-refractivity contribution in [3.63, 3.8) is 0 Å². The largest absolute Gasteiger partial charge is 1.00 e. The molecule has 0 aromatic carbocycles. The van der Waals surface area contributed by atoms with Crippen molar-refractivity contribution in [1.82, 2.24) is 0 Å². The zero-order chi connectivity index (χ0) is 0. The van der Waals surface area contributed by atoms with Crippen LogP contribution in [0.25, 0.3) is 0 Å². The first-order valence-corrected chi connectivity index (χ1v) is 0. The summed E-state index contributed by atoms with van der Waals surface area (Å²) in [6.07, 6.45) is 0. The van der Waals surface area contributed by atoms with E-state index in [2.05, 4.69) is 0 Å². The fourth-order valence-corrected chi connectivity index (χ4v) is 0. The van der Waals surface area contributed by atoms with E-state index in [1.807, 2.05) is 0 Å². The Labute approximate surface area is 160 Å². The molecule has 0 aliphatic carbocycles. The van der Waals surface area contributed by atoms with E-state index >= 15 is 0 Å². The molecule has 0 aliphatic heterocycles. The standard InChI is InChI=1S/2ClH.K.3Na/h2*1H;;;;/q;;4*+1/p-2. The van der Waals surface area contributed by atoms with Crippen LogP contribution in [-0.4, -0.2) is 0 Å². The molecule has 0 bridgehead atoms. The van der Waals surface area contributed by atoms with Crippen LogP contribution in [0.4, 0.5) is 0 Å². The van der Waals surface area contributed by atoms with Gasteiger partial charge in [-0.3, -0.25) is 0 Å². The molecule has 0 saturated heterocycles. The maximum atomic E-state index is 0. The number of hydrogen-bond donors (Lipinski definition) is 0. The molecule has 0 unspecified atom stereocenters. The number of halogens is 2.